The number of thiophene rings is 1. The molecule has 1 N–H and O–H groups in total. The topological polar surface area (TPSA) is 12.0 Å². The summed E-state index contributed by atoms with van der Waals surface area (Å²) in [5.41, 5.74) is 2.73. The summed E-state index contributed by atoms with van der Waals surface area (Å²) in [4.78, 5) is 0. The van der Waals surface area contributed by atoms with E-state index in [1.807, 2.05) is 36.0 Å². The molecule has 0 radical (unpaired) electrons. The van der Waals surface area contributed by atoms with Gasteiger partial charge < -0.3 is 5.32 Å². The highest BCUT2D eigenvalue weighted by Crippen LogP contribution is 2.27. The molecule has 0 fully saturated rings. The largest absolute Gasteiger partial charge is 0.313 e. The molecule has 2 rings (SSSR count). The van der Waals surface area contributed by atoms with E-state index in [9.17, 15) is 4.39 Å². The first-order valence-electron chi connectivity index (χ1n) is 5.21. The fourth-order valence-corrected chi connectivity index (χ4v) is 2.27. The van der Waals surface area contributed by atoms with Crippen LogP contribution in [0.1, 0.15) is 18.5 Å². The van der Waals surface area contributed by atoms with Crippen LogP contribution in [0.15, 0.2) is 35.0 Å². The number of rotatable bonds is 3. The molecule has 3 heteroatoms. The van der Waals surface area contributed by atoms with Crippen LogP contribution in [0, 0.1) is 5.82 Å². The van der Waals surface area contributed by atoms with E-state index in [1.54, 1.807) is 11.3 Å². The van der Waals surface area contributed by atoms with Crippen LogP contribution in [0.4, 0.5) is 4.39 Å². The van der Waals surface area contributed by atoms with Crippen molar-refractivity contribution in [1.82, 2.24) is 5.32 Å². The molecule has 2 aromatic rings. The Morgan fingerprint density at radius 2 is 2.12 bits per heavy atom. The maximum Gasteiger partial charge on any atom is 0.131 e. The van der Waals surface area contributed by atoms with Crippen molar-refractivity contribution in [2.45, 2.75) is 13.0 Å². The standard InChI is InChI=1S/C13H14FNS/c1-9(15-2)10-3-4-13(14)12(7-10)11-5-6-16-8-11/h3-9,15H,1-2H3. The van der Waals surface area contributed by atoms with E-state index >= 15 is 0 Å². The summed E-state index contributed by atoms with van der Waals surface area (Å²) >= 11 is 1.58. The lowest BCUT2D eigenvalue weighted by Gasteiger charge is -2.12. The Hall–Kier alpha value is -1.19. The van der Waals surface area contributed by atoms with Crippen LogP contribution in [-0.4, -0.2) is 7.05 Å². The van der Waals surface area contributed by atoms with Crippen molar-refractivity contribution in [2.24, 2.45) is 0 Å². The molecule has 0 aliphatic heterocycles. The van der Waals surface area contributed by atoms with Gasteiger partial charge in [-0.3, -0.25) is 0 Å². The SMILES string of the molecule is CNC(C)c1ccc(F)c(-c2ccsc2)c1. The fourth-order valence-electron chi connectivity index (χ4n) is 1.62. The van der Waals surface area contributed by atoms with Crippen LogP contribution < -0.4 is 5.32 Å². The maximum absolute atomic E-state index is 13.7. The van der Waals surface area contributed by atoms with Crippen LogP contribution >= 0.6 is 11.3 Å². The lowest BCUT2D eigenvalue weighted by molar-refractivity contribution is 0.622. The number of halogens is 1. The number of benzene rings is 1. The quantitative estimate of drug-likeness (QED) is 0.852. The molecule has 0 saturated carbocycles. The van der Waals surface area contributed by atoms with Crippen LogP contribution in [-0.2, 0) is 0 Å². The minimum Gasteiger partial charge on any atom is -0.313 e. The molecule has 0 bridgehead atoms. The van der Waals surface area contributed by atoms with Crippen molar-refractivity contribution in [1.29, 1.82) is 0 Å². The smallest absolute Gasteiger partial charge is 0.131 e. The molecule has 1 atom stereocenters. The average molecular weight is 235 g/mol. The molecule has 1 heterocycles. The first-order valence-corrected chi connectivity index (χ1v) is 6.16. The monoisotopic (exact) mass is 235 g/mol. The normalized spacial score (nSPS) is 12.7. The van der Waals surface area contributed by atoms with Gasteiger partial charge in [0, 0.05) is 11.6 Å². The Bertz CT molecular complexity index is 465. The van der Waals surface area contributed by atoms with Crippen molar-refractivity contribution >= 4 is 11.3 Å². The van der Waals surface area contributed by atoms with Crippen molar-refractivity contribution in [3.63, 3.8) is 0 Å². The zero-order chi connectivity index (χ0) is 11.5. The summed E-state index contributed by atoms with van der Waals surface area (Å²) in [7, 11) is 1.90. The summed E-state index contributed by atoms with van der Waals surface area (Å²) < 4.78 is 13.7. The lowest BCUT2D eigenvalue weighted by atomic mass is 10.0. The molecule has 0 amide bonds. The molecule has 0 aliphatic rings. The summed E-state index contributed by atoms with van der Waals surface area (Å²) in [6.07, 6.45) is 0. The summed E-state index contributed by atoms with van der Waals surface area (Å²) in [6.45, 7) is 2.06. The van der Waals surface area contributed by atoms with Gasteiger partial charge in [-0.05, 0) is 54.1 Å². The van der Waals surface area contributed by atoms with Gasteiger partial charge in [-0.15, -0.1) is 0 Å². The molecule has 84 valence electrons. The minimum atomic E-state index is -0.162. The first kappa shape index (κ1) is 11.3. The third-order valence-corrected chi connectivity index (χ3v) is 3.44. The molecule has 0 spiro atoms. The van der Waals surface area contributed by atoms with Crippen LogP contribution in [0.25, 0.3) is 11.1 Å². The van der Waals surface area contributed by atoms with Gasteiger partial charge >= 0.3 is 0 Å². The van der Waals surface area contributed by atoms with Gasteiger partial charge in [-0.2, -0.15) is 11.3 Å². The van der Waals surface area contributed by atoms with Crippen LogP contribution in [0.2, 0.25) is 0 Å². The molecule has 0 aliphatic carbocycles. The van der Waals surface area contributed by atoms with E-state index in [2.05, 4.69) is 12.2 Å². The van der Waals surface area contributed by atoms with Gasteiger partial charge in [0.25, 0.3) is 0 Å². The van der Waals surface area contributed by atoms with Crippen molar-refractivity contribution in [3.8, 4) is 11.1 Å². The number of hydrogen-bond donors (Lipinski definition) is 1. The highest BCUT2D eigenvalue weighted by Gasteiger charge is 2.09. The highest BCUT2D eigenvalue weighted by molar-refractivity contribution is 7.08. The van der Waals surface area contributed by atoms with E-state index in [1.165, 1.54) is 6.07 Å². The third kappa shape index (κ3) is 2.15. The Morgan fingerprint density at radius 3 is 2.75 bits per heavy atom. The van der Waals surface area contributed by atoms with E-state index in [0.717, 1.165) is 11.1 Å². The number of hydrogen-bond acceptors (Lipinski definition) is 2. The molecule has 1 nitrogen and oxygen atoms in total. The van der Waals surface area contributed by atoms with Crippen molar-refractivity contribution < 1.29 is 4.39 Å². The molecule has 1 unspecified atom stereocenters. The predicted octanol–water partition coefficient (Wildman–Crippen LogP) is 3.83. The van der Waals surface area contributed by atoms with Crippen molar-refractivity contribution in [3.05, 3.63) is 46.4 Å². The van der Waals surface area contributed by atoms with Crippen LogP contribution in [0.5, 0.6) is 0 Å². The second kappa shape index (κ2) is 4.76. The van der Waals surface area contributed by atoms with Gasteiger partial charge in [-0.1, -0.05) is 6.07 Å². The average Bonchev–Trinajstić information content (AvgIpc) is 2.82. The summed E-state index contributed by atoms with van der Waals surface area (Å²) in [5, 5.41) is 7.08. The van der Waals surface area contributed by atoms with E-state index in [0.29, 0.717) is 5.56 Å². The Kier molecular flexibility index (Phi) is 3.36. The van der Waals surface area contributed by atoms with Gasteiger partial charge in [-0.25, -0.2) is 4.39 Å². The summed E-state index contributed by atoms with van der Waals surface area (Å²) in [6, 6.07) is 7.45. The predicted molar refractivity (Wildman–Crippen MR) is 67.2 cm³/mol. The Morgan fingerprint density at radius 1 is 1.31 bits per heavy atom. The first-order chi connectivity index (χ1) is 7.72. The lowest BCUT2D eigenvalue weighted by Crippen LogP contribution is -2.12. The minimum absolute atomic E-state index is 0.162. The molecule has 0 saturated heterocycles. The summed E-state index contributed by atoms with van der Waals surface area (Å²) in [5.74, 6) is -0.162. The maximum atomic E-state index is 13.7. The Labute approximate surface area is 98.9 Å². The number of nitrogens with one attached hydrogen (secondary N) is 1. The van der Waals surface area contributed by atoms with Gasteiger partial charge in [0.1, 0.15) is 5.82 Å². The highest BCUT2D eigenvalue weighted by atomic mass is 32.1. The van der Waals surface area contributed by atoms with Crippen LogP contribution in [0.3, 0.4) is 0 Å². The zero-order valence-electron chi connectivity index (χ0n) is 9.33. The van der Waals surface area contributed by atoms with E-state index < -0.39 is 0 Å². The molecule has 16 heavy (non-hydrogen) atoms. The molecule has 1 aromatic carbocycles. The van der Waals surface area contributed by atoms with Gasteiger partial charge in [0.2, 0.25) is 0 Å². The molecule has 1 aromatic heterocycles. The second-order valence-electron chi connectivity index (χ2n) is 3.76. The van der Waals surface area contributed by atoms with Gasteiger partial charge in [0.15, 0.2) is 0 Å². The van der Waals surface area contributed by atoms with Crippen molar-refractivity contribution in [2.75, 3.05) is 7.05 Å². The van der Waals surface area contributed by atoms with E-state index in [-0.39, 0.29) is 11.9 Å². The second-order valence-corrected chi connectivity index (χ2v) is 4.54. The Balaban J connectivity index is 2.45. The molecular weight excluding hydrogens is 221 g/mol. The third-order valence-electron chi connectivity index (χ3n) is 2.76. The van der Waals surface area contributed by atoms with E-state index in [4.69, 9.17) is 0 Å². The fraction of sp³-hybridized carbons (Fsp3) is 0.231. The zero-order valence-corrected chi connectivity index (χ0v) is 10.1. The molecular formula is C13H14FNS. The van der Waals surface area contributed by atoms with Gasteiger partial charge in [0.05, 0.1) is 0 Å².